The van der Waals surface area contributed by atoms with Crippen LogP contribution in [0.2, 0.25) is 0 Å². The smallest absolute Gasteiger partial charge is 0.318 e. The van der Waals surface area contributed by atoms with E-state index in [9.17, 15) is 9.90 Å². The average molecular weight is 449 g/mol. The SMILES string of the molecule is CC1CC(C)(C)N(C)c2ccc(C(C)(C(=O)O)c3ccc4c(c3)C(C)CC(C)(C)N4C)cc21. The molecule has 0 amide bonds. The van der Waals surface area contributed by atoms with Crippen molar-refractivity contribution in [2.45, 2.75) is 89.6 Å². The van der Waals surface area contributed by atoms with Gasteiger partial charge in [0, 0.05) is 36.5 Å². The van der Waals surface area contributed by atoms with E-state index in [1.165, 1.54) is 22.5 Å². The fourth-order valence-electron chi connectivity index (χ4n) is 6.19. The van der Waals surface area contributed by atoms with E-state index in [0.29, 0.717) is 11.8 Å². The number of carboxylic acid groups (broad SMARTS) is 1. The third kappa shape index (κ3) is 3.53. The van der Waals surface area contributed by atoms with Gasteiger partial charge in [-0.25, -0.2) is 0 Å². The first kappa shape index (κ1) is 23.7. The van der Waals surface area contributed by atoms with Crippen molar-refractivity contribution in [2.24, 2.45) is 0 Å². The van der Waals surface area contributed by atoms with Gasteiger partial charge in [-0.3, -0.25) is 4.79 Å². The second-order valence-electron chi connectivity index (χ2n) is 11.9. The normalized spacial score (nSPS) is 25.1. The summed E-state index contributed by atoms with van der Waals surface area (Å²) in [6, 6.07) is 12.6. The molecule has 4 heteroatoms. The minimum absolute atomic E-state index is 0.0818. The van der Waals surface area contributed by atoms with Crippen LogP contribution in [-0.2, 0) is 10.2 Å². The molecule has 0 aliphatic carbocycles. The Balaban J connectivity index is 1.84. The number of hydrogen-bond acceptors (Lipinski definition) is 3. The summed E-state index contributed by atoms with van der Waals surface area (Å²) >= 11 is 0. The van der Waals surface area contributed by atoms with Crippen LogP contribution in [-0.4, -0.2) is 36.2 Å². The number of benzene rings is 2. The third-order valence-corrected chi connectivity index (χ3v) is 8.85. The van der Waals surface area contributed by atoms with Crippen LogP contribution in [0.1, 0.15) is 95.4 Å². The molecule has 4 rings (SSSR count). The third-order valence-electron chi connectivity index (χ3n) is 8.85. The van der Waals surface area contributed by atoms with E-state index < -0.39 is 11.4 Å². The predicted molar refractivity (Wildman–Crippen MR) is 138 cm³/mol. The lowest BCUT2D eigenvalue weighted by molar-refractivity contribution is -0.141. The van der Waals surface area contributed by atoms with Crippen LogP contribution in [0.5, 0.6) is 0 Å². The molecular weight excluding hydrogens is 408 g/mol. The van der Waals surface area contributed by atoms with Gasteiger partial charge in [-0.2, -0.15) is 0 Å². The highest BCUT2D eigenvalue weighted by Crippen LogP contribution is 2.47. The molecule has 33 heavy (non-hydrogen) atoms. The summed E-state index contributed by atoms with van der Waals surface area (Å²) < 4.78 is 0. The van der Waals surface area contributed by atoms with Crippen molar-refractivity contribution in [3.8, 4) is 0 Å². The van der Waals surface area contributed by atoms with Crippen LogP contribution in [0.15, 0.2) is 36.4 Å². The van der Waals surface area contributed by atoms with E-state index in [1.807, 2.05) is 19.1 Å². The Bertz CT molecular complexity index is 1020. The second-order valence-corrected chi connectivity index (χ2v) is 11.9. The molecule has 0 spiro atoms. The van der Waals surface area contributed by atoms with E-state index in [-0.39, 0.29) is 11.1 Å². The summed E-state index contributed by atoms with van der Waals surface area (Å²) in [5.74, 6) is -0.0519. The summed E-state index contributed by atoms with van der Waals surface area (Å²) in [5, 5.41) is 10.5. The summed E-state index contributed by atoms with van der Waals surface area (Å²) in [5.41, 5.74) is 5.66. The minimum atomic E-state index is -1.11. The maximum absolute atomic E-state index is 12.8. The maximum atomic E-state index is 12.8. The molecule has 2 atom stereocenters. The number of nitrogens with zero attached hydrogens (tertiary/aromatic N) is 2. The fraction of sp³-hybridized carbons (Fsp3) is 0.552. The van der Waals surface area contributed by atoms with Gasteiger partial charge in [-0.05, 0) is 93.7 Å². The number of fused-ring (bicyclic) bond motifs is 2. The van der Waals surface area contributed by atoms with E-state index >= 15 is 0 Å². The Hall–Kier alpha value is -2.49. The molecule has 1 N–H and O–H groups in total. The molecule has 2 aliphatic heterocycles. The van der Waals surface area contributed by atoms with Crippen molar-refractivity contribution in [2.75, 3.05) is 23.9 Å². The van der Waals surface area contributed by atoms with E-state index in [4.69, 9.17) is 0 Å². The number of rotatable bonds is 3. The highest BCUT2D eigenvalue weighted by Gasteiger charge is 2.42. The average Bonchev–Trinajstić information content (AvgIpc) is 2.74. The predicted octanol–water partition coefficient (Wildman–Crippen LogP) is 6.52. The van der Waals surface area contributed by atoms with E-state index in [2.05, 4.69) is 89.7 Å². The van der Waals surface area contributed by atoms with Gasteiger partial charge < -0.3 is 14.9 Å². The highest BCUT2D eigenvalue weighted by molar-refractivity contribution is 5.86. The zero-order valence-corrected chi connectivity index (χ0v) is 21.8. The molecule has 2 aromatic rings. The number of hydrogen-bond donors (Lipinski definition) is 1. The molecule has 0 saturated carbocycles. The highest BCUT2D eigenvalue weighted by atomic mass is 16.4. The first-order chi connectivity index (χ1) is 15.2. The molecule has 2 heterocycles. The van der Waals surface area contributed by atoms with Gasteiger partial charge in [0.1, 0.15) is 5.41 Å². The molecule has 2 unspecified atom stereocenters. The molecule has 2 aliphatic rings. The van der Waals surface area contributed by atoms with Gasteiger partial charge in [0.25, 0.3) is 0 Å². The van der Waals surface area contributed by atoms with E-state index in [1.54, 1.807) is 0 Å². The Morgan fingerprint density at radius 2 is 1.21 bits per heavy atom. The first-order valence-corrected chi connectivity index (χ1v) is 12.2. The number of anilines is 2. The minimum Gasteiger partial charge on any atom is -0.480 e. The van der Waals surface area contributed by atoms with E-state index in [0.717, 1.165) is 24.0 Å². The molecule has 0 saturated heterocycles. The fourth-order valence-corrected chi connectivity index (χ4v) is 6.19. The lowest BCUT2D eigenvalue weighted by atomic mass is 9.71. The van der Waals surface area contributed by atoms with Gasteiger partial charge in [0.05, 0.1) is 0 Å². The van der Waals surface area contributed by atoms with Crippen LogP contribution in [0.25, 0.3) is 0 Å². The van der Waals surface area contributed by atoms with Gasteiger partial charge >= 0.3 is 5.97 Å². The monoisotopic (exact) mass is 448 g/mol. The zero-order chi connectivity index (χ0) is 24.5. The molecule has 0 aromatic heterocycles. The van der Waals surface area contributed by atoms with Gasteiger partial charge in [-0.15, -0.1) is 0 Å². The van der Waals surface area contributed by atoms with Crippen molar-refractivity contribution in [1.29, 1.82) is 0 Å². The zero-order valence-electron chi connectivity index (χ0n) is 21.8. The molecule has 0 bridgehead atoms. The van der Waals surface area contributed by atoms with Crippen LogP contribution in [0.4, 0.5) is 11.4 Å². The number of carbonyl (C=O) groups is 1. The summed E-state index contributed by atoms with van der Waals surface area (Å²) in [7, 11) is 4.28. The lowest BCUT2D eigenvalue weighted by Gasteiger charge is -2.46. The quantitative estimate of drug-likeness (QED) is 0.580. The molecule has 0 radical (unpaired) electrons. The van der Waals surface area contributed by atoms with Gasteiger partial charge in [0.15, 0.2) is 0 Å². The van der Waals surface area contributed by atoms with Gasteiger partial charge in [0.2, 0.25) is 0 Å². The molecule has 2 aromatic carbocycles. The maximum Gasteiger partial charge on any atom is 0.318 e. The Morgan fingerprint density at radius 1 is 0.848 bits per heavy atom. The lowest BCUT2D eigenvalue weighted by Crippen LogP contribution is -2.46. The van der Waals surface area contributed by atoms with Crippen LogP contribution in [0.3, 0.4) is 0 Å². The Kier molecular flexibility index (Phi) is 5.39. The van der Waals surface area contributed by atoms with Crippen molar-refractivity contribution in [3.63, 3.8) is 0 Å². The summed E-state index contributed by atoms with van der Waals surface area (Å²) in [6.45, 7) is 15.5. The summed E-state index contributed by atoms with van der Waals surface area (Å²) in [6.07, 6.45) is 2.09. The standard InChI is InChI=1S/C29H40N2O2/c1-18-16-27(3,4)30(8)24-12-10-20(14-22(18)24)29(7,26(32)33)21-11-13-25-23(15-21)19(2)17-28(5,6)31(25)9/h10-15,18-19H,16-17H2,1-9H3,(H,32,33). The van der Waals surface area contributed by atoms with Crippen LogP contribution >= 0.6 is 0 Å². The molecular formula is C29H40N2O2. The van der Waals surface area contributed by atoms with Gasteiger partial charge in [-0.1, -0.05) is 38.1 Å². The second kappa shape index (κ2) is 7.51. The number of carboxylic acids is 1. The van der Waals surface area contributed by atoms with Crippen molar-refractivity contribution >= 4 is 17.3 Å². The van der Waals surface area contributed by atoms with Crippen molar-refractivity contribution in [3.05, 3.63) is 58.7 Å². The largest absolute Gasteiger partial charge is 0.480 e. The molecule has 4 nitrogen and oxygen atoms in total. The molecule has 178 valence electrons. The first-order valence-electron chi connectivity index (χ1n) is 12.2. The number of aliphatic carboxylic acids is 1. The van der Waals surface area contributed by atoms with Crippen LogP contribution in [0, 0.1) is 0 Å². The van der Waals surface area contributed by atoms with Crippen molar-refractivity contribution in [1.82, 2.24) is 0 Å². The van der Waals surface area contributed by atoms with Crippen molar-refractivity contribution < 1.29 is 9.90 Å². The topological polar surface area (TPSA) is 43.8 Å². The Morgan fingerprint density at radius 3 is 1.55 bits per heavy atom. The molecule has 0 fully saturated rings. The van der Waals surface area contributed by atoms with Crippen LogP contribution < -0.4 is 9.80 Å². The summed E-state index contributed by atoms with van der Waals surface area (Å²) in [4.78, 5) is 17.5. The Labute approximate surface area is 199 Å².